The maximum Gasteiger partial charge on any atom is 0.101 e. The lowest BCUT2D eigenvalue weighted by Crippen LogP contribution is -2.09. The molecule has 1 unspecified atom stereocenters. The quantitative estimate of drug-likeness (QED) is 0.596. The Labute approximate surface area is 61.4 Å². The van der Waals surface area contributed by atoms with E-state index in [1.807, 2.05) is 12.2 Å². The van der Waals surface area contributed by atoms with Crippen molar-refractivity contribution in [1.29, 1.82) is 0 Å². The molecule has 0 spiro atoms. The van der Waals surface area contributed by atoms with E-state index in [1.165, 1.54) is 0 Å². The number of nitrogens with two attached hydrogens (primary N) is 1. The molecule has 0 fully saturated rings. The van der Waals surface area contributed by atoms with Gasteiger partial charge in [0, 0.05) is 11.6 Å². The van der Waals surface area contributed by atoms with Crippen LogP contribution >= 0.6 is 0 Å². The molecular formula is C8H13NO. The zero-order valence-electron chi connectivity index (χ0n) is 6.42. The van der Waals surface area contributed by atoms with Gasteiger partial charge in [-0.3, -0.25) is 0 Å². The van der Waals surface area contributed by atoms with Crippen LogP contribution in [0.15, 0.2) is 23.6 Å². The Morgan fingerprint density at radius 3 is 2.90 bits per heavy atom. The molecule has 56 valence electrons. The lowest BCUT2D eigenvalue weighted by Gasteiger charge is -2.16. The van der Waals surface area contributed by atoms with E-state index in [9.17, 15) is 0 Å². The second-order valence-corrected chi connectivity index (χ2v) is 2.59. The number of hydrogen-bond acceptors (Lipinski definition) is 2. The normalized spacial score (nSPS) is 25.2. The molecule has 2 nitrogen and oxygen atoms in total. The predicted octanol–water partition coefficient (Wildman–Crippen LogP) is 1.40. The van der Waals surface area contributed by atoms with Gasteiger partial charge in [0.25, 0.3) is 0 Å². The number of hydrogen-bond donors (Lipinski definition) is 1. The van der Waals surface area contributed by atoms with Crippen molar-refractivity contribution in [2.45, 2.75) is 13.3 Å². The van der Waals surface area contributed by atoms with Crippen LogP contribution in [0.4, 0.5) is 0 Å². The van der Waals surface area contributed by atoms with E-state index >= 15 is 0 Å². The highest BCUT2D eigenvalue weighted by Gasteiger charge is 2.11. The van der Waals surface area contributed by atoms with Crippen LogP contribution in [0.1, 0.15) is 13.3 Å². The standard InChI is InChI=1S/C8H13NO/c1-6-3-4-7(9)5-8(6)10-2/h4-6H,3,9H2,1-2H3. The van der Waals surface area contributed by atoms with Gasteiger partial charge in [-0.15, -0.1) is 0 Å². The van der Waals surface area contributed by atoms with Crippen molar-refractivity contribution < 1.29 is 4.74 Å². The molecule has 0 amide bonds. The van der Waals surface area contributed by atoms with Gasteiger partial charge in [0.2, 0.25) is 0 Å². The van der Waals surface area contributed by atoms with Crippen molar-refractivity contribution >= 4 is 0 Å². The molecule has 1 aliphatic rings. The van der Waals surface area contributed by atoms with Crippen molar-refractivity contribution in [3.05, 3.63) is 23.6 Å². The summed E-state index contributed by atoms with van der Waals surface area (Å²) in [7, 11) is 1.68. The van der Waals surface area contributed by atoms with Crippen LogP contribution in [0.25, 0.3) is 0 Å². The van der Waals surface area contributed by atoms with Crippen LogP contribution in [-0.2, 0) is 4.74 Å². The molecule has 0 aromatic carbocycles. The summed E-state index contributed by atoms with van der Waals surface area (Å²) in [6.45, 7) is 2.12. The topological polar surface area (TPSA) is 35.2 Å². The highest BCUT2D eigenvalue weighted by molar-refractivity contribution is 5.23. The van der Waals surface area contributed by atoms with Crippen molar-refractivity contribution in [2.24, 2.45) is 11.7 Å². The predicted molar refractivity (Wildman–Crippen MR) is 41.1 cm³/mol. The van der Waals surface area contributed by atoms with Gasteiger partial charge in [0.15, 0.2) is 0 Å². The van der Waals surface area contributed by atoms with Gasteiger partial charge in [-0.25, -0.2) is 0 Å². The minimum Gasteiger partial charge on any atom is -0.501 e. The molecule has 2 heteroatoms. The molecule has 10 heavy (non-hydrogen) atoms. The van der Waals surface area contributed by atoms with Crippen LogP contribution in [-0.4, -0.2) is 7.11 Å². The Kier molecular flexibility index (Phi) is 2.00. The Morgan fingerprint density at radius 1 is 1.70 bits per heavy atom. The maximum atomic E-state index is 5.57. The Hall–Kier alpha value is -0.920. The van der Waals surface area contributed by atoms with Gasteiger partial charge in [-0.2, -0.15) is 0 Å². The van der Waals surface area contributed by atoms with Crippen molar-refractivity contribution in [1.82, 2.24) is 0 Å². The second-order valence-electron chi connectivity index (χ2n) is 2.59. The Balaban J connectivity index is 2.73. The van der Waals surface area contributed by atoms with Crippen molar-refractivity contribution in [2.75, 3.05) is 7.11 Å². The summed E-state index contributed by atoms with van der Waals surface area (Å²) in [5.41, 5.74) is 6.38. The summed E-state index contributed by atoms with van der Waals surface area (Å²) in [5, 5.41) is 0. The molecular weight excluding hydrogens is 126 g/mol. The number of methoxy groups -OCH3 is 1. The average Bonchev–Trinajstić information content (AvgIpc) is 1.94. The third-order valence-electron chi connectivity index (χ3n) is 1.74. The molecule has 0 aliphatic heterocycles. The Morgan fingerprint density at radius 2 is 2.40 bits per heavy atom. The van der Waals surface area contributed by atoms with E-state index in [1.54, 1.807) is 7.11 Å². The van der Waals surface area contributed by atoms with E-state index in [0.717, 1.165) is 17.9 Å². The van der Waals surface area contributed by atoms with Crippen molar-refractivity contribution in [3.8, 4) is 0 Å². The fourth-order valence-corrected chi connectivity index (χ4v) is 1.05. The molecule has 0 heterocycles. The third kappa shape index (κ3) is 1.32. The summed E-state index contributed by atoms with van der Waals surface area (Å²) in [5.74, 6) is 1.47. The van der Waals surface area contributed by atoms with Gasteiger partial charge in [-0.05, 0) is 12.5 Å². The number of ether oxygens (including phenoxy) is 1. The third-order valence-corrected chi connectivity index (χ3v) is 1.74. The first-order valence-electron chi connectivity index (χ1n) is 3.45. The lowest BCUT2D eigenvalue weighted by atomic mass is 9.99. The van der Waals surface area contributed by atoms with Crippen LogP contribution in [0.5, 0.6) is 0 Å². The zero-order valence-corrected chi connectivity index (χ0v) is 6.42. The van der Waals surface area contributed by atoms with Crippen LogP contribution in [0, 0.1) is 5.92 Å². The minimum atomic E-state index is 0.484. The molecule has 0 aromatic rings. The van der Waals surface area contributed by atoms with E-state index in [-0.39, 0.29) is 0 Å². The van der Waals surface area contributed by atoms with Crippen molar-refractivity contribution in [3.63, 3.8) is 0 Å². The minimum absolute atomic E-state index is 0.484. The molecule has 0 aromatic heterocycles. The lowest BCUT2D eigenvalue weighted by molar-refractivity contribution is 0.245. The largest absolute Gasteiger partial charge is 0.501 e. The molecule has 1 atom stereocenters. The van der Waals surface area contributed by atoms with Crippen LogP contribution < -0.4 is 5.73 Å². The smallest absolute Gasteiger partial charge is 0.101 e. The summed E-state index contributed by atoms with van der Waals surface area (Å²) in [6, 6.07) is 0. The summed E-state index contributed by atoms with van der Waals surface area (Å²) >= 11 is 0. The van der Waals surface area contributed by atoms with Gasteiger partial charge in [-0.1, -0.05) is 13.0 Å². The van der Waals surface area contributed by atoms with Gasteiger partial charge in [0.1, 0.15) is 5.76 Å². The van der Waals surface area contributed by atoms with Gasteiger partial charge < -0.3 is 10.5 Å². The van der Waals surface area contributed by atoms with E-state index in [2.05, 4.69) is 6.92 Å². The van der Waals surface area contributed by atoms with Crippen LogP contribution in [0.2, 0.25) is 0 Å². The van der Waals surface area contributed by atoms with Gasteiger partial charge >= 0.3 is 0 Å². The summed E-state index contributed by atoms with van der Waals surface area (Å²) in [4.78, 5) is 0. The SMILES string of the molecule is COC1=CC(N)=CCC1C. The molecule has 1 rings (SSSR count). The highest BCUT2D eigenvalue weighted by Crippen LogP contribution is 2.21. The molecule has 0 bridgehead atoms. The fourth-order valence-electron chi connectivity index (χ4n) is 1.05. The average molecular weight is 139 g/mol. The van der Waals surface area contributed by atoms with E-state index < -0.39 is 0 Å². The summed E-state index contributed by atoms with van der Waals surface area (Å²) < 4.78 is 5.11. The highest BCUT2D eigenvalue weighted by atomic mass is 16.5. The van der Waals surface area contributed by atoms with E-state index in [4.69, 9.17) is 10.5 Å². The first kappa shape index (κ1) is 7.19. The molecule has 0 saturated heterocycles. The summed E-state index contributed by atoms with van der Waals surface area (Å²) in [6.07, 6.45) is 4.90. The fraction of sp³-hybridized carbons (Fsp3) is 0.500. The van der Waals surface area contributed by atoms with Gasteiger partial charge in [0.05, 0.1) is 7.11 Å². The molecule has 2 N–H and O–H groups in total. The number of allylic oxidation sites excluding steroid dienone is 3. The molecule has 0 radical (unpaired) electrons. The number of rotatable bonds is 1. The second kappa shape index (κ2) is 2.78. The maximum absolute atomic E-state index is 5.57. The van der Waals surface area contributed by atoms with E-state index in [0.29, 0.717) is 5.92 Å². The first-order valence-corrected chi connectivity index (χ1v) is 3.45. The first-order chi connectivity index (χ1) is 4.74. The molecule has 1 aliphatic carbocycles. The zero-order chi connectivity index (χ0) is 7.56. The monoisotopic (exact) mass is 139 g/mol. The molecule has 0 saturated carbocycles. The Bertz CT molecular complexity index is 182. The van der Waals surface area contributed by atoms with Crippen LogP contribution in [0.3, 0.4) is 0 Å².